The van der Waals surface area contributed by atoms with Gasteiger partial charge in [-0.15, -0.1) is 54.1 Å². The molecule has 4 aromatic carbocycles. The van der Waals surface area contributed by atoms with Crippen molar-refractivity contribution in [3.63, 3.8) is 0 Å². The predicted molar refractivity (Wildman–Crippen MR) is 178 cm³/mol. The van der Waals surface area contributed by atoms with Crippen LogP contribution in [0, 0.1) is 36.1 Å². The molecule has 7 rings (SSSR count). The van der Waals surface area contributed by atoms with Crippen LogP contribution in [0.25, 0.3) is 55.6 Å². The van der Waals surface area contributed by atoms with E-state index in [4.69, 9.17) is 8.53 Å². The average Bonchev–Trinajstić information content (AvgIpc) is 3.47. The van der Waals surface area contributed by atoms with E-state index in [9.17, 15) is 9.65 Å². The fraction of sp³-hybridized carbons (Fsp3) is 0.125. The first kappa shape index (κ1) is 28.5. The summed E-state index contributed by atoms with van der Waals surface area (Å²) in [4.78, 5) is 8.65. The van der Waals surface area contributed by atoms with Gasteiger partial charge in [-0.05, 0) is 46.9 Å². The number of hydrogen-bond donors (Lipinski definition) is 0. The molecule has 0 saturated carbocycles. The van der Waals surface area contributed by atoms with E-state index in [1.165, 1.54) is 5.56 Å². The van der Waals surface area contributed by atoms with Crippen LogP contribution in [0.4, 0.5) is 4.39 Å². The molecule has 4 nitrogen and oxygen atoms in total. The monoisotopic (exact) mass is 783 g/mol. The van der Waals surface area contributed by atoms with Crippen molar-refractivity contribution in [1.82, 2.24) is 9.97 Å². The minimum atomic E-state index is -2.59. The summed E-state index contributed by atoms with van der Waals surface area (Å²) in [6.45, 7) is 3.98. The molecule has 46 heavy (non-hydrogen) atoms. The Morgan fingerprint density at radius 3 is 2.24 bits per heavy atom. The summed E-state index contributed by atoms with van der Waals surface area (Å²) in [6.07, 6.45) is 2.98. The zero-order valence-electron chi connectivity index (χ0n) is 28.4. The molecule has 6 heteroatoms. The summed E-state index contributed by atoms with van der Waals surface area (Å²) in [5.41, 5.74) is 6.57. The minimum Gasteiger partial charge on any atom is -0.500 e. The number of nitrogens with zero attached hydrogens (tertiary/aromatic N) is 3. The maximum Gasteiger partial charge on any atom is 0.130 e. The third-order valence-corrected chi connectivity index (χ3v) is 7.51. The molecule has 0 aliphatic rings. The fourth-order valence-electron chi connectivity index (χ4n) is 5.10. The first-order valence-corrected chi connectivity index (χ1v) is 14.4. The van der Waals surface area contributed by atoms with Crippen LogP contribution in [-0.4, -0.2) is 9.97 Å². The van der Waals surface area contributed by atoms with E-state index in [2.05, 4.69) is 61.1 Å². The Hall–Kier alpha value is -4.95. The van der Waals surface area contributed by atoms with Gasteiger partial charge in [0.1, 0.15) is 11.4 Å². The number of benzene rings is 4. The summed E-state index contributed by atoms with van der Waals surface area (Å²) in [5, 5.41) is 11.2. The molecule has 0 N–H and O–H groups in total. The molecule has 3 heterocycles. The predicted octanol–water partition coefficient (Wildman–Crippen LogP) is 10.3. The summed E-state index contributed by atoms with van der Waals surface area (Å²) in [6, 6.07) is 38.2. The van der Waals surface area contributed by atoms with Gasteiger partial charge in [0.2, 0.25) is 0 Å². The van der Waals surface area contributed by atoms with Gasteiger partial charge in [0.15, 0.2) is 0 Å². The minimum absolute atomic E-state index is 0. The van der Waals surface area contributed by atoms with Crippen molar-refractivity contribution >= 4 is 21.9 Å². The van der Waals surface area contributed by atoms with E-state index < -0.39 is 18.2 Å². The normalized spacial score (nSPS) is 12.2. The number of hydrogen-bond acceptors (Lipinski definition) is 4. The van der Waals surface area contributed by atoms with Gasteiger partial charge in [0.05, 0.1) is 17.2 Å². The summed E-state index contributed by atoms with van der Waals surface area (Å²) < 4.78 is 43.1. The quantitative estimate of drug-likeness (QED) is 0.168. The van der Waals surface area contributed by atoms with Crippen molar-refractivity contribution in [2.24, 2.45) is 0 Å². The molecule has 3 aromatic heterocycles. The Labute approximate surface area is 286 Å². The number of furan rings is 1. The van der Waals surface area contributed by atoms with E-state index in [-0.39, 0.29) is 31.2 Å². The Kier molecular flexibility index (Phi) is 8.42. The number of aromatic nitrogens is 2. The van der Waals surface area contributed by atoms with Crippen molar-refractivity contribution in [1.29, 1.82) is 5.26 Å². The number of aryl methyl sites for hydroxylation is 1. The molecule has 0 atom stereocenters. The number of rotatable bonds is 3. The largest absolute Gasteiger partial charge is 0.500 e. The van der Waals surface area contributed by atoms with E-state index in [0.29, 0.717) is 27.9 Å². The molecule has 0 fully saturated rings. The van der Waals surface area contributed by atoms with Gasteiger partial charge in [-0.25, -0.2) is 4.39 Å². The second-order valence-electron chi connectivity index (χ2n) is 11.5. The van der Waals surface area contributed by atoms with Crippen molar-refractivity contribution in [2.75, 3.05) is 0 Å². The standard InChI is InChI=1S/C25H14FN2O.C15H16N.Ir/c1-15-14-28-22(12-21(15)26)20-9-5-8-18-19-11-10-17(13-27)23(25(19)29-24(18)20)16-6-3-2-4-7-16;1-15(2,3)13-9-10-14(16-11-13)12-7-5-4-6-8-12;/h2-8,10-12,14H,1H3;4-7,9-11H,1-3H3;/q2*-1;/i1D3;;. The van der Waals surface area contributed by atoms with E-state index in [0.717, 1.165) is 39.9 Å². The van der Waals surface area contributed by atoms with Crippen molar-refractivity contribution in [3.8, 4) is 39.7 Å². The summed E-state index contributed by atoms with van der Waals surface area (Å²) >= 11 is 0. The van der Waals surface area contributed by atoms with Crippen LogP contribution in [-0.2, 0) is 25.5 Å². The van der Waals surface area contributed by atoms with Gasteiger partial charge in [-0.3, -0.25) is 0 Å². The average molecular weight is 783 g/mol. The molecule has 1 radical (unpaired) electrons. The second kappa shape index (κ2) is 13.6. The van der Waals surface area contributed by atoms with Gasteiger partial charge in [0, 0.05) is 53.1 Å². The molecule has 0 aliphatic carbocycles. The molecule has 0 bridgehead atoms. The Bertz CT molecular complexity index is 2270. The Morgan fingerprint density at radius 1 is 0.826 bits per heavy atom. The van der Waals surface area contributed by atoms with Gasteiger partial charge in [-0.1, -0.05) is 80.3 Å². The van der Waals surface area contributed by atoms with Crippen molar-refractivity contribution in [3.05, 3.63) is 144 Å². The molecule has 0 spiro atoms. The van der Waals surface area contributed by atoms with Crippen LogP contribution in [0.15, 0.2) is 114 Å². The van der Waals surface area contributed by atoms with Crippen molar-refractivity contribution in [2.45, 2.75) is 33.0 Å². The van der Waals surface area contributed by atoms with Crippen LogP contribution >= 0.6 is 0 Å². The fourth-order valence-corrected chi connectivity index (χ4v) is 5.10. The van der Waals surface area contributed by atoms with E-state index in [1.807, 2.05) is 72.9 Å². The number of nitriles is 1. The molecule has 0 unspecified atom stereocenters. The Morgan fingerprint density at radius 2 is 1.59 bits per heavy atom. The van der Waals surface area contributed by atoms with Crippen molar-refractivity contribution < 1.29 is 33.0 Å². The molecule has 0 amide bonds. The van der Waals surface area contributed by atoms with Gasteiger partial charge >= 0.3 is 0 Å². The van der Waals surface area contributed by atoms with Gasteiger partial charge < -0.3 is 14.4 Å². The molecular formula is C40H30FIrN3O-2. The summed E-state index contributed by atoms with van der Waals surface area (Å²) in [5.74, 6) is -0.867. The molecule has 0 saturated heterocycles. The van der Waals surface area contributed by atoms with Gasteiger partial charge in [-0.2, -0.15) is 5.26 Å². The zero-order valence-corrected chi connectivity index (χ0v) is 27.7. The molecule has 7 aromatic rings. The first-order chi connectivity index (χ1) is 23.0. The smallest absolute Gasteiger partial charge is 0.130 e. The third kappa shape index (κ3) is 6.53. The van der Waals surface area contributed by atoms with E-state index in [1.54, 1.807) is 12.1 Å². The van der Waals surface area contributed by atoms with Crippen LogP contribution in [0.1, 0.15) is 41.6 Å². The van der Waals surface area contributed by atoms with Crippen LogP contribution in [0.5, 0.6) is 0 Å². The number of pyridine rings is 2. The maximum atomic E-state index is 14.5. The molecule has 229 valence electrons. The van der Waals surface area contributed by atoms with E-state index >= 15 is 0 Å². The van der Waals surface area contributed by atoms with Crippen LogP contribution in [0.2, 0.25) is 0 Å². The second-order valence-corrected chi connectivity index (χ2v) is 11.5. The van der Waals surface area contributed by atoms with Gasteiger partial charge in [0.25, 0.3) is 0 Å². The number of halogens is 1. The number of fused-ring (bicyclic) bond motifs is 3. The van der Waals surface area contributed by atoms with Crippen LogP contribution < -0.4 is 0 Å². The molecule has 0 aliphatic heterocycles. The third-order valence-electron chi connectivity index (χ3n) is 7.51. The first-order valence-electron chi connectivity index (χ1n) is 15.9. The molecular weight excluding hydrogens is 750 g/mol. The summed E-state index contributed by atoms with van der Waals surface area (Å²) in [7, 11) is 0. The maximum absolute atomic E-state index is 14.5. The SMILES string of the molecule is CC(C)(C)c1ccc(-c2[c-]cccc2)nc1.[2H]C([2H])([2H])c1cnc(-c2[c-]ccc3c2oc2c(-c4ccccc4)c(C#N)ccc23)cc1F.[Ir]. The van der Waals surface area contributed by atoms with Crippen LogP contribution in [0.3, 0.4) is 0 Å². The topological polar surface area (TPSA) is 62.7 Å². The Balaban J connectivity index is 0.000000233. The zero-order chi connectivity index (χ0) is 34.1.